The molecule has 0 fully saturated rings. The quantitative estimate of drug-likeness (QED) is 0.796. The molecule has 6 nitrogen and oxygen atoms in total. The van der Waals surface area contributed by atoms with Crippen LogP contribution in [0, 0.1) is 5.92 Å². The van der Waals surface area contributed by atoms with Crippen molar-refractivity contribution in [3.63, 3.8) is 0 Å². The Balaban J connectivity index is 1.83. The van der Waals surface area contributed by atoms with Gasteiger partial charge in [-0.2, -0.15) is 0 Å². The molecular formula is C21H22N2O4. The summed E-state index contributed by atoms with van der Waals surface area (Å²) < 4.78 is 5.39. The van der Waals surface area contributed by atoms with Gasteiger partial charge in [0.1, 0.15) is 11.8 Å². The summed E-state index contributed by atoms with van der Waals surface area (Å²) in [6.45, 7) is 6.07. The Morgan fingerprint density at radius 3 is 2.04 bits per heavy atom. The lowest BCUT2D eigenvalue weighted by Crippen LogP contribution is -2.50. The number of nitrogens with zero attached hydrogens (tertiary/aromatic N) is 1. The molecule has 1 N–H and O–H groups in total. The second-order valence-corrected chi connectivity index (χ2v) is 6.66. The van der Waals surface area contributed by atoms with Gasteiger partial charge in [0, 0.05) is 5.69 Å². The molecule has 3 rings (SSSR count). The predicted octanol–water partition coefficient (Wildman–Crippen LogP) is 3.34. The van der Waals surface area contributed by atoms with E-state index in [0.29, 0.717) is 29.2 Å². The van der Waals surface area contributed by atoms with Gasteiger partial charge in [-0.1, -0.05) is 26.0 Å². The van der Waals surface area contributed by atoms with Gasteiger partial charge in [-0.25, -0.2) is 0 Å². The number of carbonyl (C=O) groups excluding carboxylic acids is 3. The van der Waals surface area contributed by atoms with E-state index in [4.69, 9.17) is 4.74 Å². The van der Waals surface area contributed by atoms with Crippen molar-refractivity contribution in [3.8, 4) is 5.75 Å². The van der Waals surface area contributed by atoms with Gasteiger partial charge in [0.25, 0.3) is 11.8 Å². The van der Waals surface area contributed by atoms with Crippen LogP contribution in [0.5, 0.6) is 5.75 Å². The molecule has 1 aliphatic heterocycles. The molecule has 0 aliphatic carbocycles. The third-order valence-corrected chi connectivity index (χ3v) is 4.44. The minimum absolute atomic E-state index is 0.241. The standard InChI is InChI=1S/C21H22N2O4/c1-4-27-15-11-9-14(10-12-15)22-19(24)18(13(2)3)23-20(25)16-7-5-6-8-17(16)21(23)26/h5-13,18H,4H2,1-3H3,(H,22,24)/t18-/m0/s1. The molecule has 1 atom stereocenters. The van der Waals surface area contributed by atoms with Crippen molar-refractivity contribution in [2.24, 2.45) is 5.92 Å². The molecule has 0 saturated carbocycles. The molecule has 2 aromatic carbocycles. The van der Waals surface area contributed by atoms with Gasteiger partial charge in [-0.05, 0) is 49.2 Å². The Morgan fingerprint density at radius 1 is 1.00 bits per heavy atom. The maximum Gasteiger partial charge on any atom is 0.262 e. The van der Waals surface area contributed by atoms with Gasteiger partial charge >= 0.3 is 0 Å². The average molecular weight is 366 g/mol. The van der Waals surface area contributed by atoms with E-state index >= 15 is 0 Å². The lowest BCUT2D eigenvalue weighted by atomic mass is 10.0. The van der Waals surface area contributed by atoms with Crippen LogP contribution in [0.4, 0.5) is 5.69 Å². The van der Waals surface area contributed by atoms with E-state index in [1.54, 1.807) is 48.5 Å². The first-order valence-corrected chi connectivity index (χ1v) is 8.94. The number of hydrogen-bond acceptors (Lipinski definition) is 4. The van der Waals surface area contributed by atoms with Crippen LogP contribution >= 0.6 is 0 Å². The summed E-state index contributed by atoms with van der Waals surface area (Å²) in [6, 6.07) is 12.7. The molecule has 140 valence electrons. The van der Waals surface area contributed by atoms with Gasteiger partial charge in [0.15, 0.2) is 0 Å². The Kier molecular flexibility index (Phi) is 5.26. The first-order chi connectivity index (χ1) is 12.9. The molecular weight excluding hydrogens is 344 g/mol. The van der Waals surface area contributed by atoms with Crippen molar-refractivity contribution in [2.75, 3.05) is 11.9 Å². The topological polar surface area (TPSA) is 75.7 Å². The molecule has 3 amide bonds. The van der Waals surface area contributed by atoms with Crippen LogP contribution in [0.1, 0.15) is 41.5 Å². The first kappa shape index (κ1) is 18.6. The largest absolute Gasteiger partial charge is 0.494 e. The van der Waals surface area contributed by atoms with E-state index in [9.17, 15) is 14.4 Å². The fourth-order valence-corrected chi connectivity index (χ4v) is 3.20. The second-order valence-electron chi connectivity index (χ2n) is 6.66. The SMILES string of the molecule is CCOc1ccc(NC(=O)[C@H](C(C)C)N2C(=O)c3ccccc3C2=O)cc1. The molecule has 0 bridgehead atoms. The molecule has 27 heavy (non-hydrogen) atoms. The monoisotopic (exact) mass is 366 g/mol. The smallest absolute Gasteiger partial charge is 0.262 e. The highest BCUT2D eigenvalue weighted by molar-refractivity contribution is 6.23. The van der Waals surface area contributed by atoms with E-state index in [-0.39, 0.29) is 5.92 Å². The molecule has 1 heterocycles. The molecule has 6 heteroatoms. The van der Waals surface area contributed by atoms with E-state index < -0.39 is 23.8 Å². The highest BCUT2D eigenvalue weighted by atomic mass is 16.5. The zero-order valence-corrected chi connectivity index (χ0v) is 15.6. The van der Waals surface area contributed by atoms with E-state index in [1.165, 1.54) is 0 Å². The number of ether oxygens (including phenoxy) is 1. The molecule has 1 aliphatic rings. The van der Waals surface area contributed by atoms with Gasteiger partial charge in [0.2, 0.25) is 5.91 Å². The highest BCUT2D eigenvalue weighted by Crippen LogP contribution is 2.28. The van der Waals surface area contributed by atoms with Crippen molar-refractivity contribution in [1.29, 1.82) is 0 Å². The molecule has 0 spiro atoms. The van der Waals surface area contributed by atoms with E-state index in [1.807, 2.05) is 20.8 Å². The molecule has 0 radical (unpaired) electrons. The Bertz CT molecular complexity index is 839. The lowest BCUT2D eigenvalue weighted by molar-refractivity contribution is -0.121. The second kappa shape index (κ2) is 7.61. The number of imide groups is 1. The van der Waals surface area contributed by atoms with Crippen molar-refractivity contribution in [2.45, 2.75) is 26.8 Å². The van der Waals surface area contributed by atoms with Crippen LogP contribution < -0.4 is 10.1 Å². The first-order valence-electron chi connectivity index (χ1n) is 8.94. The van der Waals surface area contributed by atoms with Gasteiger partial charge in [-0.15, -0.1) is 0 Å². The van der Waals surface area contributed by atoms with Crippen LogP contribution in [0.2, 0.25) is 0 Å². The number of benzene rings is 2. The van der Waals surface area contributed by atoms with E-state index in [2.05, 4.69) is 5.32 Å². The number of amides is 3. The summed E-state index contributed by atoms with van der Waals surface area (Å²) >= 11 is 0. The summed E-state index contributed by atoms with van der Waals surface area (Å²) in [6.07, 6.45) is 0. The normalized spacial score (nSPS) is 14.3. The number of anilines is 1. The van der Waals surface area contributed by atoms with Crippen molar-refractivity contribution < 1.29 is 19.1 Å². The van der Waals surface area contributed by atoms with Crippen LogP contribution in [0.15, 0.2) is 48.5 Å². The molecule has 2 aromatic rings. The number of hydrogen-bond donors (Lipinski definition) is 1. The van der Waals surface area contributed by atoms with Crippen LogP contribution in [-0.4, -0.2) is 35.3 Å². The van der Waals surface area contributed by atoms with Gasteiger partial charge in [0.05, 0.1) is 17.7 Å². The summed E-state index contributed by atoms with van der Waals surface area (Å²) in [5.74, 6) is -0.804. The Morgan fingerprint density at radius 2 is 1.56 bits per heavy atom. The van der Waals surface area contributed by atoms with Crippen molar-refractivity contribution >= 4 is 23.4 Å². The number of carbonyl (C=O) groups is 3. The third kappa shape index (κ3) is 3.56. The maximum absolute atomic E-state index is 12.9. The summed E-state index contributed by atoms with van der Waals surface area (Å²) in [4.78, 5) is 39.4. The van der Waals surface area contributed by atoms with Gasteiger partial charge < -0.3 is 10.1 Å². The maximum atomic E-state index is 12.9. The summed E-state index contributed by atoms with van der Waals surface area (Å²) in [5.41, 5.74) is 1.25. The fourth-order valence-electron chi connectivity index (χ4n) is 3.20. The van der Waals surface area contributed by atoms with Crippen molar-refractivity contribution in [1.82, 2.24) is 4.90 Å². The van der Waals surface area contributed by atoms with Crippen molar-refractivity contribution in [3.05, 3.63) is 59.7 Å². The van der Waals surface area contributed by atoms with Crippen LogP contribution in [0.3, 0.4) is 0 Å². The summed E-state index contributed by atoms with van der Waals surface area (Å²) in [7, 11) is 0. The summed E-state index contributed by atoms with van der Waals surface area (Å²) in [5, 5.41) is 2.80. The molecule has 0 saturated heterocycles. The van der Waals surface area contributed by atoms with Crippen LogP contribution in [-0.2, 0) is 4.79 Å². The zero-order valence-electron chi connectivity index (χ0n) is 15.6. The Hall–Kier alpha value is -3.15. The number of rotatable bonds is 6. The molecule has 0 unspecified atom stereocenters. The minimum Gasteiger partial charge on any atom is -0.494 e. The fraction of sp³-hybridized carbons (Fsp3) is 0.286. The Labute approximate surface area is 158 Å². The van der Waals surface area contributed by atoms with Crippen LogP contribution in [0.25, 0.3) is 0 Å². The predicted molar refractivity (Wildman–Crippen MR) is 102 cm³/mol. The number of fused-ring (bicyclic) bond motifs is 1. The highest BCUT2D eigenvalue weighted by Gasteiger charge is 2.43. The number of nitrogens with one attached hydrogen (secondary N) is 1. The van der Waals surface area contributed by atoms with E-state index in [0.717, 1.165) is 4.90 Å². The van der Waals surface area contributed by atoms with Gasteiger partial charge in [-0.3, -0.25) is 19.3 Å². The third-order valence-electron chi connectivity index (χ3n) is 4.44. The zero-order chi connectivity index (χ0) is 19.6. The molecule has 0 aromatic heterocycles. The minimum atomic E-state index is -0.899. The lowest BCUT2D eigenvalue weighted by Gasteiger charge is -2.28. The average Bonchev–Trinajstić information content (AvgIpc) is 2.89.